The van der Waals surface area contributed by atoms with Gasteiger partial charge in [-0.1, -0.05) is 13.2 Å². The minimum Gasteiger partial charge on any atom is -0.477 e. The van der Waals surface area contributed by atoms with Crippen molar-refractivity contribution in [1.29, 1.82) is 0 Å². The summed E-state index contributed by atoms with van der Waals surface area (Å²) >= 11 is 0. The van der Waals surface area contributed by atoms with Crippen LogP contribution in [0.5, 0.6) is 0 Å². The number of nitrogens with one attached hydrogen (secondary N) is 1. The van der Waals surface area contributed by atoms with Crippen molar-refractivity contribution in [3.05, 3.63) is 24.4 Å². The number of aliphatic carboxylic acids is 1. The van der Waals surface area contributed by atoms with Gasteiger partial charge in [0.25, 0.3) is 5.91 Å². The highest BCUT2D eigenvalue weighted by Gasteiger charge is 2.07. The summed E-state index contributed by atoms with van der Waals surface area (Å²) in [5.41, 5.74) is -0.106. The average Bonchev–Trinajstić information content (AvgIpc) is 1.87. The van der Waals surface area contributed by atoms with E-state index in [0.29, 0.717) is 0 Å². The van der Waals surface area contributed by atoms with Crippen LogP contribution in [-0.4, -0.2) is 17.0 Å². The van der Waals surface area contributed by atoms with E-state index < -0.39 is 11.9 Å². The summed E-state index contributed by atoms with van der Waals surface area (Å²) in [7, 11) is 0. The molecule has 0 atom stereocenters. The van der Waals surface area contributed by atoms with Crippen LogP contribution in [0.2, 0.25) is 0 Å². The molecule has 0 aromatic rings. The summed E-state index contributed by atoms with van der Waals surface area (Å²) < 4.78 is 0. The van der Waals surface area contributed by atoms with Crippen LogP contribution in [0.15, 0.2) is 24.4 Å². The number of carbonyl (C=O) groups is 2. The van der Waals surface area contributed by atoms with E-state index in [9.17, 15) is 9.59 Å². The Morgan fingerprint density at radius 3 is 2.09 bits per heavy atom. The second-order valence-corrected chi connectivity index (χ2v) is 2.02. The Bertz CT molecular complexity index is 206. The number of hydrogen-bond donors (Lipinski definition) is 2. The van der Waals surface area contributed by atoms with Gasteiger partial charge in [0, 0.05) is 5.57 Å². The summed E-state index contributed by atoms with van der Waals surface area (Å²) in [5, 5.41) is 10.3. The maximum atomic E-state index is 10.7. The molecular formula is C7H9NO3. The van der Waals surface area contributed by atoms with E-state index in [1.165, 1.54) is 6.92 Å². The molecule has 60 valence electrons. The van der Waals surface area contributed by atoms with Gasteiger partial charge in [0.15, 0.2) is 0 Å². The highest BCUT2D eigenvalue weighted by atomic mass is 16.4. The SMILES string of the molecule is C=C(C)C(=O)NC(=C)C(=O)O. The summed E-state index contributed by atoms with van der Waals surface area (Å²) in [4.78, 5) is 20.8. The van der Waals surface area contributed by atoms with E-state index in [1.54, 1.807) is 0 Å². The predicted octanol–water partition coefficient (Wildman–Crippen LogP) is 0.277. The minimum absolute atomic E-state index is 0.243. The molecule has 0 spiro atoms. The molecule has 4 heteroatoms. The standard InChI is InChI=1S/C7H9NO3/c1-4(2)6(9)8-5(3)7(10)11/h1,3H2,2H3,(H,8,9)(H,10,11). The Balaban J connectivity index is 4.07. The van der Waals surface area contributed by atoms with E-state index in [4.69, 9.17) is 5.11 Å². The molecule has 0 saturated carbocycles. The first-order valence-corrected chi connectivity index (χ1v) is 2.84. The van der Waals surface area contributed by atoms with Gasteiger partial charge in [0.2, 0.25) is 0 Å². The summed E-state index contributed by atoms with van der Waals surface area (Å²) in [6.45, 7) is 7.90. The molecule has 0 aromatic heterocycles. The first kappa shape index (κ1) is 9.42. The first-order chi connectivity index (χ1) is 4.95. The highest BCUT2D eigenvalue weighted by Crippen LogP contribution is 1.90. The third kappa shape index (κ3) is 3.20. The fourth-order valence-corrected chi connectivity index (χ4v) is 0.297. The van der Waals surface area contributed by atoms with Crippen LogP contribution >= 0.6 is 0 Å². The zero-order valence-corrected chi connectivity index (χ0v) is 6.18. The smallest absolute Gasteiger partial charge is 0.351 e. The molecule has 2 N–H and O–H groups in total. The molecule has 0 aliphatic carbocycles. The third-order valence-corrected chi connectivity index (χ3v) is 0.910. The topological polar surface area (TPSA) is 66.4 Å². The van der Waals surface area contributed by atoms with Crippen LogP contribution in [0.25, 0.3) is 0 Å². The Morgan fingerprint density at radius 2 is 1.82 bits per heavy atom. The van der Waals surface area contributed by atoms with Gasteiger partial charge < -0.3 is 10.4 Å². The summed E-state index contributed by atoms with van der Waals surface area (Å²) in [5.74, 6) is -1.78. The molecule has 0 fully saturated rings. The lowest BCUT2D eigenvalue weighted by Crippen LogP contribution is -2.26. The molecular weight excluding hydrogens is 146 g/mol. The number of rotatable bonds is 3. The lowest BCUT2D eigenvalue weighted by molar-refractivity contribution is -0.134. The fourth-order valence-electron chi connectivity index (χ4n) is 0.297. The maximum absolute atomic E-state index is 10.7. The van der Waals surface area contributed by atoms with Gasteiger partial charge in [-0.05, 0) is 6.92 Å². The predicted molar refractivity (Wildman–Crippen MR) is 39.7 cm³/mol. The van der Waals surface area contributed by atoms with Crippen LogP contribution in [0.3, 0.4) is 0 Å². The number of carbonyl (C=O) groups excluding carboxylic acids is 1. The Labute approximate surface area is 64.2 Å². The Hall–Kier alpha value is -1.58. The summed E-state index contributed by atoms with van der Waals surface area (Å²) in [6.07, 6.45) is 0. The molecule has 0 heterocycles. The lowest BCUT2D eigenvalue weighted by Gasteiger charge is -2.01. The van der Waals surface area contributed by atoms with Gasteiger partial charge in [0.1, 0.15) is 5.70 Å². The minimum atomic E-state index is -1.25. The largest absolute Gasteiger partial charge is 0.477 e. The van der Waals surface area contributed by atoms with Crippen molar-refractivity contribution in [3.8, 4) is 0 Å². The number of hydrogen-bond acceptors (Lipinski definition) is 2. The van der Waals surface area contributed by atoms with Crippen molar-refractivity contribution >= 4 is 11.9 Å². The van der Waals surface area contributed by atoms with Crippen molar-refractivity contribution < 1.29 is 14.7 Å². The van der Waals surface area contributed by atoms with E-state index in [0.717, 1.165) is 0 Å². The normalized spacial score (nSPS) is 8.45. The average molecular weight is 155 g/mol. The van der Waals surface area contributed by atoms with Gasteiger partial charge >= 0.3 is 5.97 Å². The molecule has 11 heavy (non-hydrogen) atoms. The molecule has 0 aliphatic rings. The zero-order valence-electron chi connectivity index (χ0n) is 6.18. The third-order valence-electron chi connectivity index (χ3n) is 0.910. The van der Waals surface area contributed by atoms with Gasteiger partial charge in [-0.3, -0.25) is 4.79 Å². The van der Waals surface area contributed by atoms with E-state index in [1.807, 2.05) is 5.32 Å². The van der Waals surface area contributed by atoms with Crippen LogP contribution in [0.4, 0.5) is 0 Å². The molecule has 0 radical (unpaired) electrons. The van der Waals surface area contributed by atoms with E-state index in [-0.39, 0.29) is 11.3 Å². The second kappa shape index (κ2) is 3.55. The molecule has 0 aromatic carbocycles. The number of amides is 1. The Kier molecular flexibility index (Phi) is 3.04. The maximum Gasteiger partial charge on any atom is 0.351 e. The van der Waals surface area contributed by atoms with Gasteiger partial charge in [-0.15, -0.1) is 0 Å². The van der Waals surface area contributed by atoms with Gasteiger partial charge in [-0.2, -0.15) is 0 Å². The van der Waals surface area contributed by atoms with Crippen LogP contribution in [-0.2, 0) is 9.59 Å². The van der Waals surface area contributed by atoms with Crippen molar-refractivity contribution in [1.82, 2.24) is 5.32 Å². The van der Waals surface area contributed by atoms with E-state index in [2.05, 4.69) is 13.2 Å². The molecule has 0 unspecified atom stereocenters. The van der Waals surface area contributed by atoms with Crippen LogP contribution < -0.4 is 5.32 Å². The molecule has 4 nitrogen and oxygen atoms in total. The van der Waals surface area contributed by atoms with Crippen LogP contribution in [0, 0.1) is 0 Å². The fraction of sp³-hybridized carbons (Fsp3) is 0.143. The molecule has 1 amide bonds. The Morgan fingerprint density at radius 1 is 1.36 bits per heavy atom. The molecule has 0 rings (SSSR count). The van der Waals surface area contributed by atoms with Crippen molar-refractivity contribution in [2.24, 2.45) is 0 Å². The molecule has 0 aliphatic heterocycles. The van der Waals surface area contributed by atoms with Gasteiger partial charge in [-0.25, -0.2) is 4.79 Å². The summed E-state index contributed by atoms with van der Waals surface area (Å²) in [6, 6.07) is 0. The quantitative estimate of drug-likeness (QED) is 0.575. The molecule has 0 bridgehead atoms. The van der Waals surface area contributed by atoms with Crippen molar-refractivity contribution in [3.63, 3.8) is 0 Å². The van der Waals surface area contributed by atoms with E-state index >= 15 is 0 Å². The monoisotopic (exact) mass is 155 g/mol. The van der Waals surface area contributed by atoms with Crippen LogP contribution in [0.1, 0.15) is 6.92 Å². The second-order valence-electron chi connectivity index (χ2n) is 2.02. The lowest BCUT2D eigenvalue weighted by atomic mass is 10.3. The van der Waals surface area contributed by atoms with Gasteiger partial charge in [0.05, 0.1) is 0 Å². The highest BCUT2D eigenvalue weighted by molar-refractivity contribution is 5.98. The zero-order chi connectivity index (χ0) is 9.02. The number of carboxylic acid groups (broad SMARTS) is 1. The molecule has 0 saturated heterocycles. The van der Waals surface area contributed by atoms with Crippen molar-refractivity contribution in [2.75, 3.05) is 0 Å². The number of carboxylic acids is 1. The first-order valence-electron chi connectivity index (χ1n) is 2.84. The van der Waals surface area contributed by atoms with Crippen molar-refractivity contribution in [2.45, 2.75) is 6.92 Å².